The lowest BCUT2D eigenvalue weighted by Crippen LogP contribution is -2.04. The van der Waals surface area contributed by atoms with E-state index in [1.54, 1.807) is 30.5 Å². The highest BCUT2D eigenvalue weighted by molar-refractivity contribution is 7.99. The number of hydrogen-bond acceptors (Lipinski definition) is 4. The maximum Gasteiger partial charge on any atom is 0.222 e. The average Bonchev–Trinajstić information content (AvgIpc) is 2.83. The third kappa shape index (κ3) is 2.53. The minimum atomic E-state index is -3.64. The van der Waals surface area contributed by atoms with Crippen molar-refractivity contribution in [2.24, 2.45) is 0 Å². The lowest BCUT2D eigenvalue weighted by atomic mass is 10.2. The number of aryl methyl sites for hydroxylation is 1. The Morgan fingerprint density at radius 3 is 2.30 bits per heavy atom. The molecule has 6 heteroatoms. The number of thioether (sulfide) groups is 1. The normalized spacial score (nSPS) is 11.6. The van der Waals surface area contributed by atoms with Gasteiger partial charge in [0.15, 0.2) is 10.8 Å². The van der Waals surface area contributed by atoms with Crippen LogP contribution in [0.5, 0.6) is 0 Å². The number of carbonyl (C=O) groups excluding carboxylic acids is 1. The number of sulfone groups is 1. The van der Waals surface area contributed by atoms with Crippen molar-refractivity contribution in [3.63, 3.8) is 0 Å². The monoisotopic (exact) mass is 309 g/mol. The first-order valence-electron chi connectivity index (χ1n) is 5.96. The Morgan fingerprint density at radius 2 is 1.80 bits per heavy atom. The second-order valence-electron chi connectivity index (χ2n) is 4.44. The molecule has 0 unspecified atom stereocenters. The summed E-state index contributed by atoms with van der Waals surface area (Å²) in [5.41, 5.74) is 1.40. The molecule has 0 aliphatic rings. The Kier molecular flexibility index (Phi) is 4.06. The predicted molar refractivity (Wildman–Crippen MR) is 79.2 cm³/mol. The van der Waals surface area contributed by atoms with E-state index in [1.807, 2.05) is 6.92 Å². The number of hydrogen-bond donors (Lipinski definition) is 1. The van der Waals surface area contributed by atoms with E-state index in [9.17, 15) is 13.2 Å². The van der Waals surface area contributed by atoms with Crippen molar-refractivity contribution >= 4 is 27.4 Å². The predicted octanol–water partition coefficient (Wildman–Crippen LogP) is 3.08. The van der Waals surface area contributed by atoms with E-state index in [2.05, 4.69) is 4.98 Å². The molecule has 0 aliphatic carbocycles. The van der Waals surface area contributed by atoms with E-state index in [0.29, 0.717) is 10.5 Å². The van der Waals surface area contributed by atoms with E-state index in [1.165, 1.54) is 24.9 Å². The molecule has 2 aromatic rings. The number of rotatable bonds is 4. The van der Waals surface area contributed by atoms with Crippen LogP contribution in [0.3, 0.4) is 0 Å². The van der Waals surface area contributed by atoms with Gasteiger partial charge in [0.2, 0.25) is 9.84 Å². The summed E-state index contributed by atoms with van der Waals surface area (Å²) < 4.78 is 25.2. The van der Waals surface area contributed by atoms with Crippen molar-refractivity contribution in [2.45, 2.75) is 28.7 Å². The number of carbonyl (C=O) groups is 1. The first kappa shape index (κ1) is 14.9. The van der Waals surface area contributed by atoms with Gasteiger partial charge in [-0.2, -0.15) is 0 Å². The van der Waals surface area contributed by atoms with Crippen molar-refractivity contribution in [3.05, 3.63) is 41.6 Å². The van der Waals surface area contributed by atoms with Gasteiger partial charge in [-0.25, -0.2) is 8.42 Å². The van der Waals surface area contributed by atoms with Crippen LogP contribution < -0.4 is 0 Å². The average molecular weight is 309 g/mol. The summed E-state index contributed by atoms with van der Waals surface area (Å²) in [6, 6.07) is 6.65. The number of nitrogens with one attached hydrogen (secondary N) is 1. The van der Waals surface area contributed by atoms with Crippen LogP contribution in [0.15, 0.2) is 45.3 Å². The van der Waals surface area contributed by atoms with Gasteiger partial charge in [-0.3, -0.25) is 4.79 Å². The van der Waals surface area contributed by atoms with Crippen molar-refractivity contribution in [1.29, 1.82) is 0 Å². The number of aromatic amines is 1. The van der Waals surface area contributed by atoms with Crippen LogP contribution in [0.25, 0.3) is 0 Å². The molecule has 1 heterocycles. The van der Waals surface area contributed by atoms with Gasteiger partial charge in [0.1, 0.15) is 0 Å². The molecule has 1 aromatic carbocycles. The van der Waals surface area contributed by atoms with Gasteiger partial charge >= 0.3 is 0 Å². The molecule has 0 saturated carbocycles. The van der Waals surface area contributed by atoms with Crippen LogP contribution in [0.2, 0.25) is 0 Å². The number of Topliss-reactive ketones (excluding diaryl/α,β-unsaturated/α-hetero) is 1. The molecule has 0 spiro atoms. The fourth-order valence-corrected chi connectivity index (χ4v) is 4.43. The van der Waals surface area contributed by atoms with Gasteiger partial charge in [-0.15, -0.1) is 11.8 Å². The topological polar surface area (TPSA) is 67.0 Å². The highest BCUT2D eigenvalue weighted by Gasteiger charge is 2.26. The third-order valence-electron chi connectivity index (χ3n) is 2.98. The first-order valence-corrected chi connectivity index (χ1v) is 8.66. The van der Waals surface area contributed by atoms with E-state index in [-0.39, 0.29) is 15.7 Å². The number of aromatic nitrogens is 1. The Labute approximate surface area is 122 Å². The molecule has 4 nitrogen and oxygen atoms in total. The van der Waals surface area contributed by atoms with Crippen LogP contribution in [0, 0.1) is 6.92 Å². The molecule has 2 rings (SSSR count). The number of benzene rings is 1. The molecule has 0 fully saturated rings. The maximum atomic E-state index is 12.6. The SMILES string of the molecule is CSc1c(C(C)=O)c[nH]c1S(=O)(=O)c1ccc(C)cc1. The van der Waals surface area contributed by atoms with Gasteiger partial charge in [0, 0.05) is 11.8 Å². The summed E-state index contributed by atoms with van der Waals surface area (Å²) >= 11 is 1.25. The van der Waals surface area contributed by atoms with Crippen LogP contribution >= 0.6 is 11.8 Å². The summed E-state index contributed by atoms with van der Waals surface area (Å²) in [6.07, 6.45) is 3.21. The Bertz CT molecular complexity index is 743. The van der Waals surface area contributed by atoms with Crippen molar-refractivity contribution < 1.29 is 13.2 Å². The zero-order chi connectivity index (χ0) is 14.9. The smallest absolute Gasteiger partial charge is 0.222 e. The second kappa shape index (κ2) is 5.46. The molecular formula is C14H15NO3S2. The van der Waals surface area contributed by atoms with Crippen LogP contribution in [0.4, 0.5) is 0 Å². The maximum absolute atomic E-state index is 12.6. The summed E-state index contributed by atoms with van der Waals surface area (Å²) in [4.78, 5) is 14.9. The lowest BCUT2D eigenvalue weighted by Gasteiger charge is -2.06. The second-order valence-corrected chi connectivity index (χ2v) is 7.14. The highest BCUT2D eigenvalue weighted by atomic mass is 32.2. The largest absolute Gasteiger partial charge is 0.350 e. The Morgan fingerprint density at radius 1 is 1.20 bits per heavy atom. The minimum Gasteiger partial charge on any atom is -0.350 e. The Hall–Kier alpha value is -1.53. The van der Waals surface area contributed by atoms with E-state index >= 15 is 0 Å². The zero-order valence-corrected chi connectivity index (χ0v) is 13.1. The van der Waals surface area contributed by atoms with Crippen molar-refractivity contribution in [1.82, 2.24) is 4.98 Å². The van der Waals surface area contributed by atoms with Crippen molar-refractivity contribution in [2.75, 3.05) is 6.26 Å². The fourth-order valence-electron chi connectivity index (χ4n) is 1.89. The zero-order valence-electron chi connectivity index (χ0n) is 11.4. The quantitative estimate of drug-likeness (QED) is 0.696. The molecule has 0 atom stereocenters. The Balaban J connectivity index is 2.61. The molecule has 0 aliphatic heterocycles. The molecule has 1 aromatic heterocycles. The number of ketones is 1. The van der Waals surface area contributed by atoms with Crippen LogP contribution in [-0.4, -0.2) is 25.4 Å². The van der Waals surface area contributed by atoms with Crippen molar-refractivity contribution in [3.8, 4) is 0 Å². The molecule has 0 saturated heterocycles. The van der Waals surface area contributed by atoms with Gasteiger partial charge in [-0.1, -0.05) is 17.7 Å². The van der Waals surface area contributed by atoms with Crippen LogP contribution in [-0.2, 0) is 9.84 Å². The molecule has 0 bridgehead atoms. The number of H-pyrrole nitrogens is 1. The fraction of sp³-hybridized carbons (Fsp3) is 0.214. The summed E-state index contributed by atoms with van der Waals surface area (Å²) in [6.45, 7) is 3.32. The van der Waals surface area contributed by atoms with Gasteiger partial charge < -0.3 is 4.98 Å². The van der Waals surface area contributed by atoms with Gasteiger partial charge in [0.25, 0.3) is 0 Å². The molecule has 106 valence electrons. The lowest BCUT2D eigenvalue weighted by molar-refractivity contribution is 0.101. The van der Waals surface area contributed by atoms with E-state index < -0.39 is 9.84 Å². The van der Waals surface area contributed by atoms with Gasteiger partial charge in [0.05, 0.1) is 9.79 Å². The minimum absolute atomic E-state index is 0.0825. The van der Waals surface area contributed by atoms with Gasteiger partial charge in [-0.05, 0) is 32.2 Å². The molecular weight excluding hydrogens is 294 g/mol. The summed E-state index contributed by atoms with van der Waals surface area (Å²) in [5.74, 6) is -0.157. The third-order valence-corrected chi connectivity index (χ3v) is 5.70. The highest BCUT2D eigenvalue weighted by Crippen LogP contribution is 2.32. The first-order chi connectivity index (χ1) is 9.37. The van der Waals surface area contributed by atoms with E-state index in [0.717, 1.165) is 5.56 Å². The molecule has 0 radical (unpaired) electrons. The van der Waals surface area contributed by atoms with E-state index in [4.69, 9.17) is 0 Å². The molecule has 0 amide bonds. The standard InChI is InChI=1S/C14H15NO3S2/c1-9-4-6-11(7-5-9)20(17,18)14-13(19-3)12(8-15-14)10(2)16/h4-8,15H,1-3H3. The van der Waals surface area contributed by atoms with Crippen LogP contribution in [0.1, 0.15) is 22.8 Å². The summed E-state index contributed by atoms with van der Waals surface area (Å²) in [7, 11) is -3.64. The molecule has 1 N–H and O–H groups in total. The summed E-state index contributed by atoms with van der Waals surface area (Å²) in [5, 5.41) is 0.0825. The molecule has 20 heavy (non-hydrogen) atoms.